The fourth-order valence-corrected chi connectivity index (χ4v) is 0.858. The number of rotatable bonds is 0. The van der Waals surface area contributed by atoms with Crippen LogP contribution in [0.5, 0.6) is 0 Å². The van der Waals surface area contributed by atoms with Crippen molar-refractivity contribution in [3.05, 3.63) is 21.6 Å². The van der Waals surface area contributed by atoms with Crippen LogP contribution in [-0.2, 0) is 0 Å². The largest absolute Gasteiger partial charge is 0.204 e. The van der Waals surface area contributed by atoms with E-state index in [1.54, 1.807) is 0 Å². The Morgan fingerprint density at radius 3 is 2.71 bits per heavy atom. The molecule has 0 bridgehead atoms. The first kappa shape index (κ1) is 5.06. The Morgan fingerprint density at radius 1 is 1.86 bits per heavy atom. The van der Waals surface area contributed by atoms with E-state index < -0.39 is 5.82 Å². The van der Waals surface area contributed by atoms with Crippen LogP contribution in [0.2, 0.25) is 4.34 Å². The number of hydrogen-bond donors (Lipinski definition) is 0. The van der Waals surface area contributed by atoms with Gasteiger partial charge in [0.2, 0.25) is 0 Å². The van der Waals surface area contributed by atoms with Gasteiger partial charge in [0.05, 0.1) is 0 Å². The van der Waals surface area contributed by atoms with Crippen LogP contribution in [0, 0.1) is 11.9 Å². The predicted molar refractivity (Wildman–Crippen MR) is 28.1 cm³/mol. The second kappa shape index (κ2) is 1.80. The van der Waals surface area contributed by atoms with Gasteiger partial charge < -0.3 is 0 Å². The molecule has 0 nitrogen and oxygen atoms in total. The molecule has 0 aliphatic carbocycles. The maximum absolute atomic E-state index is 11.9. The van der Waals surface area contributed by atoms with E-state index in [4.69, 9.17) is 11.6 Å². The molecule has 3 heteroatoms. The average Bonchev–Trinajstić information content (AvgIpc) is 1.91. The smallest absolute Gasteiger partial charge is 0.160 e. The second-order valence-electron chi connectivity index (χ2n) is 0.968. The van der Waals surface area contributed by atoms with Crippen molar-refractivity contribution in [3.63, 3.8) is 0 Å². The van der Waals surface area contributed by atoms with Crippen molar-refractivity contribution in [1.29, 1.82) is 0 Å². The molecule has 1 rings (SSSR count). The highest BCUT2D eigenvalue weighted by Gasteiger charge is 1.95. The minimum absolute atomic E-state index is 0.181. The van der Waals surface area contributed by atoms with Crippen LogP contribution in [-0.4, -0.2) is 0 Å². The molecular weight excluding hydrogens is 135 g/mol. The van der Waals surface area contributed by atoms with Crippen molar-refractivity contribution in [2.24, 2.45) is 0 Å². The first-order valence-electron chi connectivity index (χ1n) is 1.61. The third-order valence-corrected chi connectivity index (χ3v) is 1.58. The van der Waals surface area contributed by atoms with Gasteiger partial charge >= 0.3 is 0 Å². The monoisotopic (exact) mass is 135 g/mol. The lowest BCUT2D eigenvalue weighted by molar-refractivity contribution is 0.631. The SMILES string of the molecule is Fc1[c]csc1Cl. The molecule has 0 aliphatic heterocycles. The van der Waals surface area contributed by atoms with Crippen molar-refractivity contribution in [3.8, 4) is 0 Å². The maximum atomic E-state index is 11.9. The molecule has 0 atom stereocenters. The Kier molecular flexibility index (Phi) is 1.30. The van der Waals surface area contributed by atoms with Crippen molar-refractivity contribution in [2.45, 2.75) is 0 Å². The summed E-state index contributed by atoms with van der Waals surface area (Å²) in [6.45, 7) is 0. The van der Waals surface area contributed by atoms with Gasteiger partial charge in [0, 0.05) is 11.4 Å². The molecule has 1 aromatic heterocycles. The van der Waals surface area contributed by atoms with Crippen molar-refractivity contribution in [1.82, 2.24) is 0 Å². The van der Waals surface area contributed by atoms with Crippen LogP contribution in [0.1, 0.15) is 0 Å². The van der Waals surface area contributed by atoms with Crippen LogP contribution >= 0.6 is 22.9 Å². The highest BCUT2D eigenvalue weighted by atomic mass is 35.5. The molecule has 0 saturated heterocycles. The Balaban J connectivity index is 3.12. The van der Waals surface area contributed by atoms with Crippen LogP contribution < -0.4 is 0 Å². The number of thiophene rings is 1. The summed E-state index contributed by atoms with van der Waals surface area (Å²) in [4.78, 5) is 0. The van der Waals surface area contributed by atoms with E-state index in [1.807, 2.05) is 0 Å². The highest BCUT2D eigenvalue weighted by molar-refractivity contribution is 7.14. The zero-order valence-corrected chi connectivity index (χ0v) is 4.81. The van der Waals surface area contributed by atoms with E-state index >= 15 is 0 Å². The summed E-state index contributed by atoms with van der Waals surface area (Å²) in [5, 5.41) is 1.48. The minimum Gasteiger partial charge on any atom is -0.204 e. The van der Waals surface area contributed by atoms with E-state index in [0.717, 1.165) is 11.3 Å². The first-order valence-corrected chi connectivity index (χ1v) is 2.86. The summed E-state index contributed by atoms with van der Waals surface area (Å²) in [6.07, 6.45) is 0. The van der Waals surface area contributed by atoms with Gasteiger partial charge in [0.15, 0.2) is 5.82 Å². The van der Waals surface area contributed by atoms with Crippen molar-refractivity contribution < 1.29 is 4.39 Å². The third kappa shape index (κ3) is 0.924. The molecule has 0 aromatic carbocycles. The number of hydrogen-bond acceptors (Lipinski definition) is 1. The molecule has 1 aromatic rings. The molecule has 0 unspecified atom stereocenters. The van der Waals surface area contributed by atoms with Gasteiger partial charge in [-0.15, -0.1) is 11.3 Å². The van der Waals surface area contributed by atoms with Gasteiger partial charge in [0.1, 0.15) is 4.34 Å². The molecular formula is C4HClFS. The molecule has 0 amide bonds. The van der Waals surface area contributed by atoms with Gasteiger partial charge in [-0.2, -0.15) is 0 Å². The molecule has 0 spiro atoms. The van der Waals surface area contributed by atoms with E-state index in [2.05, 4.69) is 6.07 Å². The van der Waals surface area contributed by atoms with Gasteiger partial charge in [-0.05, 0) is 0 Å². The van der Waals surface area contributed by atoms with Crippen LogP contribution in [0.4, 0.5) is 4.39 Å². The topological polar surface area (TPSA) is 0 Å². The Bertz CT molecular complexity index is 144. The summed E-state index contributed by atoms with van der Waals surface area (Å²) in [5.41, 5.74) is 0. The standard InChI is InChI=1S/C4HClFS/c5-4-3(6)1-2-7-4/h2H. The highest BCUT2D eigenvalue weighted by Crippen LogP contribution is 2.19. The van der Waals surface area contributed by atoms with Gasteiger partial charge in [-0.1, -0.05) is 11.6 Å². The van der Waals surface area contributed by atoms with E-state index in [0.29, 0.717) is 0 Å². The Labute approximate surface area is 49.5 Å². The molecule has 7 heavy (non-hydrogen) atoms. The van der Waals surface area contributed by atoms with Gasteiger partial charge in [-0.25, -0.2) is 4.39 Å². The average molecular weight is 136 g/mol. The van der Waals surface area contributed by atoms with E-state index in [9.17, 15) is 4.39 Å². The maximum Gasteiger partial charge on any atom is 0.160 e. The summed E-state index contributed by atoms with van der Waals surface area (Å²) >= 11 is 6.38. The lowest BCUT2D eigenvalue weighted by Gasteiger charge is -1.71. The first-order chi connectivity index (χ1) is 3.30. The lowest BCUT2D eigenvalue weighted by atomic mass is 10.6. The van der Waals surface area contributed by atoms with E-state index in [-0.39, 0.29) is 4.34 Å². The molecule has 0 saturated carbocycles. The summed E-state index contributed by atoms with van der Waals surface area (Å²) < 4.78 is 12.1. The van der Waals surface area contributed by atoms with Crippen molar-refractivity contribution in [2.75, 3.05) is 0 Å². The molecule has 0 N–H and O–H groups in total. The molecule has 1 heterocycles. The summed E-state index contributed by atoms with van der Waals surface area (Å²) in [6, 6.07) is 2.29. The molecule has 0 aliphatic rings. The molecule has 1 radical (unpaired) electrons. The third-order valence-electron chi connectivity index (χ3n) is 0.521. The van der Waals surface area contributed by atoms with Crippen LogP contribution in [0.25, 0.3) is 0 Å². The van der Waals surface area contributed by atoms with Crippen molar-refractivity contribution >= 4 is 22.9 Å². The normalized spacial score (nSPS) is 9.43. The zero-order chi connectivity index (χ0) is 5.28. The summed E-state index contributed by atoms with van der Waals surface area (Å²) in [7, 11) is 0. The van der Waals surface area contributed by atoms with Gasteiger partial charge in [0.25, 0.3) is 0 Å². The Hall–Kier alpha value is -0.0800. The number of halogens is 2. The van der Waals surface area contributed by atoms with Gasteiger partial charge in [-0.3, -0.25) is 0 Å². The second-order valence-corrected chi connectivity index (χ2v) is 2.45. The molecule has 37 valence electrons. The van der Waals surface area contributed by atoms with Crippen LogP contribution in [0.15, 0.2) is 5.38 Å². The quantitative estimate of drug-likeness (QED) is 0.512. The minimum atomic E-state index is -0.452. The fourth-order valence-electron chi connectivity index (χ4n) is 0.241. The van der Waals surface area contributed by atoms with E-state index in [1.165, 1.54) is 5.38 Å². The molecule has 0 fully saturated rings. The lowest BCUT2D eigenvalue weighted by Crippen LogP contribution is -1.57. The Morgan fingerprint density at radius 2 is 2.57 bits per heavy atom. The predicted octanol–water partition coefficient (Wildman–Crippen LogP) is 2.34. The fraction of sp³-hybridized carbons (Fsp3) is 0. The summed E-state index contributed by atoms with van der Waals surface area (Å²) in [5.74, 6) is -0.452. The van der Waals surface area contributed by atoms with Crippen LogP contribution in [0.3, 0.4) is 0 Å². The zero-order valence-electron chi connectivity index (χ0n) is 3.24.